The fraction of sp³-hybridized carbons (Fsp3) is 0.667. The van der Waals surface area contributed by atoms with Crippen LogP contribution in [0.15, 0.2) is 5.38 Å². The molecule has 4 heteroatoms. The molecule has 1 aromatic rings. The lowest BCUT2D eigenvalue weighted by Crippen LogP contribution is -2.28. The SMILES string of the molecule is CN(C)c1nc(C(C)(C)CN)cs1. The van der Waals surface area contributed by atoms with Crippen LogP contribution in [0.2, 0.25) is 0 Å². The van der Waals surface area contributed by atoms with Crippen LogP contribution in [0.3, 0.4) is 0 Å². The van der Waals surface area contributed by atoms with Gasteiger partial charge in [0.05, 0.1) is 5.69 Å². The van der Waals surface area contributed by atoms with E-state index < -0.39 is 0 Å². The van der Waals surface area contributed by atoms with Gasteiger partial charge in [0.25, 0.3) is 0 Å². The molecule has 0 aliphatic rings. The average Bonchev–Trinajstić information content (AvgIpc) is 2.52. The first-order valence-electron chi connectivity index (χ1n) is 4.31. The first-order chi connectivity index (χ1) is 5.97. The van der Waals surface area contributed by atoms with Gasteiger partial charge in [-0.15, -0.1) is 11.3 Å². The van der Waals surface area contributed by atoms with Gasteiger partial charge in [-0.25, -0.2) is 4.98 Å². The lowest BCUT2D eigenvalue weighted by atomic mass is 9.91. The molecule has 0 radical (unpaired) electrons. The molecule has 1 rings (SSSR count). The van der Waals surface area contributed by atoms with Gasteiger partial charge in [0, 0.05) is 31.4 Å². The van der Waals surface area contributed by atoms with Gasteiger partial charge >= 0.3 is 0 Å². The monoisotopic (exact) mass is 199 g/mol. The fourth-order valence-electron chi connectivity index (χ4n) is 0.885. The van der Waals surface area contributed by atoms with E-state index in [2.05, 4.69) is 24.2 Å². The third-order valence-electron chi connectivity index (χ3n) is 2.08. The van der Waals surface area contributed by atoms with Crippen LogP contribution < -0.4 is 10.6 Å². The summed E-state index contributed by atoms with van der Waals surface area (Å²) >= 11 is 1.66. The molecular formula is C9H17N3S. The number of nitrogens with two attached hydrogens (primary N) is 1. The zero-order valence-electron chi connectivity index (χ0n) is 8.66. The molecule has 1 aromatic heterocycles. The van der Waals surface area contributed by atoms with Crippen molar-refractivity contribution >= 4 is 16.5 Å². The van der Waals surface area contributed by atoms with E-state index in [-0.39, 0.29) is 5.41 Å². The van der Waals surface area contributed by atoms with E-state index in [1.807, 2.05) is 19.0 Å². The van der Waals surface area contributed by atoms with Crippen LogP contribution in [-0.2, 0) is 5.41 Å². The molecule has 0 saturated carbocycles. The van der Waals surface area contributed by atoms with Crippen molar-refractivity contribution in [1.82, 2.24) is 4.98 Å². The largest absolute Gasteiger partial charge is 0.354 e. The summed E-state index contributed by atoms with van der Waals surface area (Å²) in [6, 6.07) is 0. The third-order valence-corrected chi connectivity index (χ3v) is 3.09. The zero-order valence-corrected chi connectivity index (χ0v) is 9.48. The minimum Gasteiger partial charge on any atom is -0.354 e. The van der Waals surface area contributed by atoms with Crippen LogP contribution in [0.25, 0.3) is 0 Å². The summed E-state index contributed by atoms with van der Waals surface area (Å²) in [6.45, 7) is 4.85. The number of anilines is 1. The molecule has 0 spiro atoms. The summed E-state index contributed by atoms with van der Waals surface area (Å²) in [5.74, 6) is 0. The van der Waals surface area contributed by atoms with Gasteiger partial charge in [-0.05, 0) is 0 Å². The maximum Gasteiger partial charge on any atom is 0.184 e. The number of hydrogen-bond donors (Lipinski definition) is 1. The topological polar surface area (TPSA) is 42.2 Å². The molecule has 0 aromatic carbocycles. The van der Waals surface area contributed by atoms with E-state index in [1.54, 1.807) is 11.3 Å². The average molecular weight is 199 g/mol. The highest BCUT2D eigenvalue weighted by molar-refractivity contribution is 7.13. The Hall–Kier alpha value is -0.610. The van der Waals surface area contributed by atoms with Crippen LogP contribution in [0, 0.1) is 0 Å². The van der Waals surface area contributed by atoms with Crippen molar-refractivity contribution in [2.24, 2.45) is 5.73 Å². The maximum atomic E-state index is 5.67. The second-order valence-corrected chi connectivity index (χ2v) is 4.83. The number of thiazole rings is 1. The molecule has 0 aliphatic carbocycles. The Labute approximate surface area is 83.6 Å². The van der Waals surface area contributed by atoms with E-state index in [0.717, 1.165) is 10.8 Å². The molecule has 0 atom stereocenters. The van der Waals surface area contributed by atoms with Gasteiger partial charge in [-0.1, -0.05) is 13.8 Å². The molecule has 0 saturated heterocycles. The highest BCUT2D eigenvalue weighted by Crippen LogP contribution is 2.27. The summed E-state index contributed by atoms with van der Waals surface area (Å²) in [6.07, 6.45) is 0. The fourth-order valence-corrected chi connectivity index (χ4v) is 1.84. The van der Waals surface area contributed by atoms with Crippen molar-refractivity contribution in [2.45, 2.75) is 19.3 Å². The van der Waals surface area contributed by atoms with Crippen molar-refractivity contribution in [3.8, 4) is 0 Å². The van der Waals surface area contributed by atoms with E-state index in [1.165, 1.54) is 0 Å². The molecule has 13 heavy (non-hydrogen) atoms. The molecule has 0 aliphatic heterocycles. The molecule has 74 valence electrons. The Morgan fingerprint density at radius 2 is 2.15 bits per heavy atom. The van der Waals surface area contributed by atoms with Crippen LogP contribution in [-0.4, -0.2) is 25.6 Å². The highest BCUT2D eigenvalue weighted by Gasteiger charge is 2.21. The quantitative estimate of drug-likeness (QED) is 0.801. The first kappa shape index (κ1) is 10.5. The molecule has 0 fully saturated rings. The van der Waals surface area contributed by atoms with Gasteiger partial charge in [0.2, 0.25) is 0 Å². The van der Waals surface area contributed by atoms with Gasteiger partial charge < -0.3 is 10.6 Å². The Morgan fingerprint density at radius 1 is 1.54 bits per heavy atom. The maximum absolute atomic E-state index is 5.67. The van der Waals surface area contributed by atoms with Crippen LogP contribution >= 0.6 is 11.3 Å². The summed E-state index contributed by atoms with van der Waals surface area (Å²) in [4.78, 5) is 6.53. The van der Waals surface area contributed by atoms with E-state index in [9.17, 15) is 0 Å². The number of nitrogens with zero attached hydrogens (tertiary/aromatic N) is 2. The molecule has 0 bridgehead atoms. The summed E-state index contributed by atoms with van der Waals surface area (Å²) in [5, 5.41) is 3.12. The Morgan fingerprint density at radius 3 is 2.54 bits per heavy atom. The smallest absolute Gasteiger partial charge is 0.184 e. The molecule has 0 unspecified atom stereocenters. The zero-order chi connectivity index (χ0) is 10.1. The summed E-state index contributed by atoms with van der Waals surface area (Å²) in [7, 11) is 4.00. The first-order valence-corrected chi connectivity index (χ1v) is 5.19. The summed E-state index contributed by atoms with van der Waals surface area (Å²) in [5.41, 5.74) is 6.75. The number of rotatable bonds is 3. The lowest BCUT2D eigenvalue weighted by molar-refractivity contribution is 0.525. The normalized spacial score (nSPS) is 11.8. The lowest BCUT2D eigenvalue weighted by Gasteiger charge is -2.19. The number of hydrogen-bond acceptors (Lipinski definition) is 4. The van der Waals surface area contributed by atoms with Crippen molar-refractivity contribution in [2.75, 3.05) is 25.5 Å². The van der Waals surface area contributed by atoms with Crippen molar-refractivity contribution < 1.29 is 0 Å². The predicted molar refractivity (Wildman–Crippen MR) is 58.5 cm³/mol. The highest BCUT2D eigenvalue weighted by atomic mass is 32.1. The van der Waals surface area contributed by atoms with Crippen molar-refractivity contribution in [3.63, 3.8) is 0 Å². The standard InChI is InChI=1S/C9H17N3S/c1-9(2,6-10)7-5-13-8(11-7)12(3)4/h5H,6,10H2,1-4H3. The Bertz CT molecular complexity index is 278. The van der Waals surface area contributed by atoms with Crippen LogP contribution in [0.5, 0.6) is 0 Å². The van der Waals surface area contributed by atoms with Crippen LogP contribution in [0.4, 0.5) is 5.13 Å². The second-order valence-electron chi connectivity index (χ2n) is 4.00. The molecule has 3 nitrogen and oxygen atoms in total. The van der Waals surface area contributed by atoms with Gasteiger partial charge in [0.15, 0.2) is 5.13 Å². The summed E-state index contributed by atoms with van der Waals surface area (Å²) < 4.78 is 0. The van der Waals surface area contributed by atoms with Gasteiger partial charge in [0.1, 0.15) is 0 Å². The van der Waals surface area contributed by atoms with E-state index in [0.29, 0.717) is 6.54 Å². The van der Waals surface area contributed by atoms with E-state index >= 15 is 0 Å². The Kier molecular flexibility index (Phi) is 2.93. The number of aromatic nitrogens is 1. The molecule has 0 amide bonds. The minimum atomic E-state index is -0.00917. The predicted octanol–water partition coefficient (Wildman–Crippen LogP) is 1.45. The van der Waals surface area contributed by atoms with Gasteiger partial charge in [-0.2, -0.15) is 0 Å². The molecular weight excluding hydrogens is 182 g/mol. The molecule has 2 N–H and O–H groups in total. The minimum absolute atomic E-state index is 0.00917. The third kappa shape index (κ3) is 2.19. The van der Waals surface area contributed by atoms with Crippen LogP contribution in [0.1, 0.15) is 19.5 Å². The van der Waals surface area contributed by atoms with Gasteiger partial charge in [-0.3, -0.25) is 0 Å². The van der Waals surface area contributed by atoms with Crippen molar-refractivity contribution in [1.29, 1.82) is 0 Å². The van der Waals surface area contributed by atoms with E-state index in [4.69, 9.17) is 5.73 Å². The second kappa shape index (κ2) is 3.64. The Balaban J connectivity index is 2.91. The molecule has 1 heterocycles. The van der Waals surface area contributed by atoms with Crippen molar-refractivity contribution in [3.05, 3.63) is 11.1 Å².